The lowest BCUT2D eigenvalue weighted by molar-refractivity contribution is 0.0698. The zero-order chi connectivity index (χ0) is 18.7. The molecule has 2 aromatic heterocycles. The number of amides is 2. The smallest absolute Gasteiger partial charge is 0.261 e. The van der Waals surface area contributed by atoms with Gasteiger partial charge in [0, 0.05) is 42.0 Å². The van der Waals surface area contributed by atoms with E-state index < -0.39 is 0 Å². The summed E-state index contributed by atoms with van der Waals surface area (Å²) in [4.78, 5) is 32.7. The summed E-state index contributed by atoms with van der Waals surface area (Å²) in [5, 5.41) is 3.12. The molecule has 1 fully saturated rings. The molecular formula is C20H25N3O2S. The van der Waals surface area contributed by atoms with Gasteiger partial charge in [-0.2, -0.15) is 0 Å². The average Bonchev–Trinajstić information content (AvgIpc) is 3.13. The highest BCUT2D eigenvalue weighted by Crippen LogP contribution is 2.29. The first-order chi connectivity index (χ1) is 12.3. The zero-order valence-corrected chi connectivity index (χ0v) is 16.3. The number of carbonyl (C=O) groups excluding carboxylic acids is 2. The molecule has 6 heteroatoms. The lowest BCUT2D eigenvalue weighted by atomic mass is 9.95. The van der Waals surface area contributed by atoms with Crippen LogP contribution in [0.2, 0.25) is 0 Å². The van der Waals surface area contributed by atoms with Crippen molar-refractivity contribution in [1.29, 1.82) is 0 Å². The predicted molar refractivity (Wildman–Crippen MR) is 104 cm³/mol. The Morgan fingerprint density at radius 2 is 1.77 bits per heavy atom. The van der Waals surface area contributed by atoms with Gasteiger partial charge in [0.05, 0.1) is 4.88 Å². The van der Waals surface area contributed by atoms with Crippen molar-refractivity contribution < 1.29 is 9.59 Å². The molecule has 0 unspecified atom stereocenters. The number of thiophene rings is 1. The number of aromatic nitrogens is 1. The largest absolute Gasteiger partial charge is 0.348 e. The Kier molecular flexibility index (Phi) is 5.41. The van der Waals surface area contributed by atoms with E-state index in [4.69, 9.17) is 0 Å². The molecule has 3 rings (SSSR count). The molecule has 0 aromatic carbocycles. The maximum atomic E-state index is 12.5. The number of nitrogens with zero attached hydrogens (tertiary/aromatic N) is 2. The van der Waals surface area contributed by atoms with Crippen LogP contribution in [0.1, 0.15) is 58.5 Å². The third kappa shape index (κ3) is 4.30. The topological polar surface area (TPSA) is 62.3 Å². The summed E-state index contributed by atoms with van der Waals surface area (Å²) >= 11 is 1.56. The van der Waals surface area contributed by atoms with Crippen LogP contribution < -0.4 is 5.32 Å². The standard InChI is InChI=1S/C20H25N3O2S/c1-20(2,3)17-5-4-16(26-17)18(24)22-15-8-12-23(13-9-15)19(25)14-6-10-21-11-7-14/h4-7,10-11,15H,8-9,12-13H2,1-3H3,(H,22,24). The molecule has 1 aliphatic rings. The third-order valence-electron chi connectivity index (χ3n) is 4.61. The van der Waals surface area contributed by atoms with Crippen LogP contribution in [0.25, 0.3) is 0 Å². The van der Waals surface area contributed by atoms with Gasteiger partial charge < -0.3 is 10.2 Å². The second-order valence-corrected chi connectivity index (χ2v) is 8.77. The average molecular weight is 372 g/mol. The van der Waals surface area contributed by atoms with Crippen LogP contribution in [0.15, 0.2) is 36.7 Å². The van der Waals surface area contributed by atoms with Crippen molar-refractivity contribution in [3.8, 4) is 0 Å². The first-order valence-electron chi connectivity index (χ1n) is 8.95. The van der Waals surface area contributed by atoms with Crippen LogP contribution in [-0.4, -0.2) is 40.8 Å². The molecule has 5 nitrogen and oxygen atoms in total. The Morgan fingerprint density at radius 3 is 2.35 bits per heavy atom. The van der Waals surface area contributed by atoms with E-state index in [0.717, 1.165) is 17.7 Å². The quantitative estimate of drug-likeness (QED) is 0.898. The monoisotopic (exact) mass is 371 g/mol. The summed E-state index contributed by atoms with van der Waals surface area (Å²) in [5.41, 5.74) is 0.720. The molecule has 1 saturated heterocycles. The fraction of sp³-hybridized carbons (Fsp3) is 0.450. The third-order valence-corrected chi connectivity index (χ3v) is 6.12. The van der Waals surface area contributed by atoms with Gasteiger partial charge in [-0.1, -0.05) is 20.8 Å². The van der Waals surface area contributed by atoms with Crippen LogP contribution in [0.3, 0.4) is 0 Å². The minimum Gasteiger partial charge on any atom is -0.348 e. The van der Waals surface area contributed by atoms with Crippen molar-refractivity contribution >= 4 is 23.2 Å². The van der Waals surface area contributed by atoms with Crippen molar-refractivity contribution in [3.63, 3.8) is 0 Å². The summed E-state index contributed by atoms with van der Waals surface area (Å²) < 4.78 is 0. The number of rotatable bonds is 3. The molecule has 26 heavy (non-hydrogen) atoms. The molecule has 0 bridgehead atoms. The van der Waals surface area contributed by atoms with E-state index in [9.17, 15) is 9.59 Å². The van der Waals surface area contributed by atoms with Crippen LogP contribution >= 0.6 is 11.3 Å². The van der Waals surface area contributed by atoms with Crippen molar-refractivity contribution in [2.24, 2.45) is 0 Å². The van der Waals surface area contributed by atoms with Crippen LogP contribution in [0.5, 0.6) is 0 Å². The Morgan fingerprint density at radius 1 is 1.12 bits per heavy atom. The first kappa shape index (κ1) is 18.6. The Labute approximate surface area is 158 Å². The summed E-state index contributed by atoms with van der Waals surface area (Å²) in [5.74, 6) is 0.0228. The number of hydrogen-bond acceptors (Lipinski definition) is 4. The van der Waals surface area contributed by atoms with E-state index in [1.165, 1.54) is 4.88 Å². The van der Waals surface area contributed by atoms with Gasteiger partial charge in [0.15, 0.2) is 0 Å². The molecule has 0 radical (unpaired) electrons. The van der Waals surface area contributed by atoms with Crippen molar-refractivity contribution in [3.05, 3.63) is 52.0 Å². The summed E-state index contributed by atoms with van der Waals surface area (Å²) in [6, 6.07) is 7.53. The van der Waals surface area contributed by atoms with E-state index in [1.54, 1.807) is 35.9 Å². The number of hydrogen-bond donors (Lipinski definition) is 1. The highest BCUT2D eigenvalue weighted by molar-refractivity contribution is 7.14. The van der Waals surface area contributed by atoms with Gasteiger partial charge in [0.1, 0.15) is 0 Å². The van der Waals surface area contributed by atoms with Crippen LogP contribution in [-0.2, 0) is 5.41 Å². The molecule has 0 aliphatic carbocycles. The van der Waals surface area contributed by atoms with Gasteiger partial charge in [-0.05, 0) is 42.5 Å². The van der Waals surface area contributed by atoms with Gasteiger partial charge >= 0.3 is 0 Å². The number of nitrogens with one attached hydrogen (secondary N) is 1. The SMILES string of the molecule is CC(C)(C)c1ccc(C(=O)NC2CCN(C(=O)c3ccncc3)CC2)s1. The highest BCUT2D eigenvalue weighted by atomic mass is 32.1. The van der Waals surface area contributed by atoms with Gasteiger partial charge in [0.2, 0.25) is 0 Å². The van der Waals surface area contributed by atoms with E-state index in [0.29, 0.717) is 18.7 Å². The minimum absolute atomic E-state index is 0.00981. The lowest BCUT2D eigenvalue weighted by Crippen LogP contribution is -2.46. The molecule has 2 amide bonds. The highest BCUT2D eigenvalue weighted by Gasteiger charge is 2.25. The molecule has 138 valence electrons. The molecule has 3 heterocycles. The maximum Gasteiger partial charge on any atom is 0.261 e. The Hall–Kier alpha value is -2.21. The fourth-order valence-electron chi connectivity index (χ4n) is 3.02. The first-order valence-corrected chi connectivity index (χ1v) is 9.77. The molecule has 0 atom stereocenters. The van der Waals surface area contributed by atoms with E-state index in [-0.39, 0.29) is 23.3 Å². The fourth-order valence-corrected chi connectivity index (χ4v) is 3.99. The van der Waals surface area contributed by atoms with Crippen molar-refractivity contribution in [2.45, 2.75) is 45.1 Å². The van der Waals surface area contributed by atoms with Crippen LogP contribution in [0, 0.1) is 0 Å². The summed E-state index contributed by atoms with van der Waals surface area (Å²) in [6.07, 6.45) is 4.82. The zero-order valence-electron chi connectivity index (χ0n) is 15.5. The second kappa shape index (κ2) is 7.58. The second-order valence-electron chi connectivity index (χ2n) is 7.69. The maximum absolute atomic E-state index is 12.5. The van der Waals surface area contributed by atoms with Gasteiger partial charge in [0.25, 0.3) is 11.8 Å². The van der Waals surface area contributed by atoms with Gasteiger partial charge in [-0.3, -0.25) is 14.6 Å². The van der Waals surface area contributed by atoms with Crippen LogP contribution in [0.4, 0.5) is 0 Å². The van der Waals surface area contributed by atoms with Gasteiger partial charge in [-0.25, -0.2) is 0 Å². The molecule has 1 N–H and O–H groups in total. The van der Waals surface area contributed by atoms with Crippen molar-refractivity contribution in [2.75, 3.05) is 13.1 Å². The summed E-state index contributed by atoms with van der Waals surface area (Å²) in [6.45, 7) is 7.76. The Bertz CT molecular complexity index is 772. The van der Waals surface area contributed by atoms with Gasteiger partial charge in [-0.15, -0.1) is 11.3 Å². The lowest BCUT2D eigenvalue weighted by Gasteiger charge is -2.32. The molecule has 2 aromatic rings. The number of likely N-dealkylation sites (tertiary alicyclic amines) is 1. The van der Waals surface area contributed by atoms with E-state index >= 15 is 0 Å². The Balaban J connectivity index is 1.53. The number of carbonyl (C=O) groups is 2. The molecule has 1 aliphatic heterocycles. The predicted octanol–water partition coefficient (Wildman–Crippen LogP) is 3.48. The normalized spacial score (nSPS) is 15.7. The van der Waals surface area contributed by atoms with Crippen molar-refractivity contribution in [1.82, 2.24) is 15.2 Å². The summed E-state index contributed by atoms with van der Waals surface area (Å²) in [7, 11) is 0. The minimum atomic E-state index is -0.00981. The molecular weight excluding hydrogens is 346 g/mol. The number of piperidine rings is 1. The molecule has 0 saturated carbocycles. The van der Waals surface area contributed by atoms with E-state index in [2.05, 4.69) is 31.1 Å². The molecule has 0 spiro atoms. The number of pyridine rings is 1. The van der Waals surface area contributed by atoms with E-state index in [1.807, 2.05) is 17.0 Å².